The zero-order valence-corrected chi connectivity index (χ0v) is 10.7. The number of hydrogen-bond donors (Lipinski definition) is 1. The molecule has 0 aliphatic heterocycles. The number of H-pyrrole nitrogens is 1. The highest BCUT2D eigenvalue weighted by Gasteiger charge is 2.18. The number of nitrogens with one attached hydrogen (secondary N) is 1. The molecule has 0 atom stereocenters. The zero-order chi connectivity index (χ0) is 13.1. The fraction of sp³-hybridized carbons (Fsp3) is 0.455. The molecule has 0 unspecified atom stereocenters. The first-order valence-corrected chi connectivity index (χ1v) is 5.76. The Morgan fingerprint density at radius 3 is 2.94 bits per heavy atom. The van der Waals surface area contributed by atoms with Gasteiger partial charge in [-0.05, 0) is 19.9 Å². The van der Waals surface area contributed by atoms with E-state index in [4.69, 9.17) is 0 Å². The van der Waals surface area contributed by atoms with Crippen molar-refractivity contribution in [3.05, 3.63) is 29.6 Å². The lowest BCUT2D eigenvalue weighted by Crippen LogP contribution is -2.28. The van der Waals surface area contributed by atoms with Crippen molar-refractivity contribution in [1.29, 1.82) is 0 Å². The molecule has 2 rings (SSSR count). The second-order valence-corrected chi connectivity index (χ2v) is 4.08. The van der Waals surface area contributed by atoms with E-state index in [1.807, 2.05) is 13.8 Å². The second-order valence-electron chi connectivity index (χ2n) is 4.08. The number of carbonyl (C=O) groups excluding carboxylic acids is 1. The lowest BCUT2D eigenvalue weighted by molar-refractivity contribution is 0.0769. The maximum absolute atomic E-state index is 12.3. The summed E-state index contributed by atoms with van der Waals surface area (Å²) in [6.07, 6.45) is 1.42. The Balaban J connectivity index is 2.15. The molecule has 1 amide bonds. The summed E-state index contributed by atoms with van der Waals surface area (Å²) in [5.74, 6) is 0.582. The van der Waals surface area contributed by atoms with Crippen LogP contribution in [0.15, 0.2) is 12.4 Å². The van der Waals surface area contributed by atoms with Gasteiger partial charge in [-0.3, -0.25) is 14.6 Å². The van der Waals surface area contributed by atoms with E-state index < -0.39 is 0 Å². The monoisotopic (exact) mass is 248 g/mol. The molecule has 0 aliphatic carbocycles. The summed E-state index contributed by atoms with van der Waals surface area (Å²) < 4.78 is 1.70. The van der Waals surface area contributed by atoms with Crippen LogP contribution >= 0.6 is 0 Å². The van der Waals surface area contributed by atoms with E-state index in [0.29, 0.717) is 24.6 Å². The number of rotatable bonds is 4. The van der Waals surface area contributed by atoms with Crippen LogP contribution in [0.5, 0.6) is 0 Å². The molecular formula is C11H16N6O. The van der Waals surface area contributed by atoms with Crippen molar-refractivity contribution in [3.8, 4) is 0 Å². The first-order valence-electron chi connectivity index (χ1n) is 5.76. The first-order chi connectivity index (χ1) is 8.61. The van der Waals surface area contributed by atoms with E-state index in [-0.39, 0.29) is 5.91 Å². The number of aryl methyl sites for hydroxylation is 2. The topological polar surface area (TPSA) is 79.7 Å². The van der Waals surface area contributed by atoms with E-state index in [1.54, 1.807) is 22.7 Å². The van der Waals surface area contributed by atoms with E-state index in [0.717, 1.165) is 5.69 Å². The molecule has 0 aromatic carbocycles. The number of carbonyl (C=O) groups is 1. The lowest BCUT2D eigenvalue weighted by Gasteiger charge is -2.15. The molecule has 2 aromatic rings. The predicted molar refractivity (Wildman–Crippen MR) is 64.8 cm³/mol. The van der Waals surface area contributed by atoms with Crippen molar-refractivity contribution in [2.24, 2.45) is 0 Å². The minimum Gasteiger partial charge on any atom is -0.333 e. The van der Waals surface area contributed by atoms with Crippen LogP contribution in [0.3, 0.4) is 0 Å². The predicted octanol–water partition coefficient (Wildman–Crippen LogP) is 0.602. The first kappa shape index (κ1) is 12.3. The maximum Gasteiger partial charge on any atom is 0.272 e. The van der Waals surface area contributed by atoms with Crippen molar-refractivity contribution in [1.82, 2.24) is 29.9 Å². The van der Waals surface area contributed by atoms with Gasteiger partial charge in [0.2, 0.25) is 0 Å². The summed E-state index contributed by atoms with van der Waals surface area (Å²) in [7, 11) is 1.73. The fourth-order valence-corrected chi connectivity index (χ4v) is 1.76. The summed E-state index contributed by atoms with van der Waals surface area (Å²) in [6, 6.07) is 1.79. The Hall–Kier alpha value is -2.18. The van der Waals surface area contributed by atoms with Gasteiger partial charge in [-0.15, -0.1) is 0 Å². The minimum absolute atomic E-state index is 0.0751. The van der Waals surface area contributed by atoms with Crippen molar-refractivity contribution in [2.45, 2.75) is 26.9 Å². The third-order valence-electron chi connectivity index (χ3n) is 2.62. The van der Waals surface area contributed by atoms with E-state index in [2.05, 4.69) is 20.3 Å². The van der Waals surface area contributed by atoms with E-state index in [1.165, 1.54) is 6.33 Å². The molecule has 0 fully saturated rings. The van der Waals surface area contributed by atoms with Crippen molar-refractivity contribution < 1.29 is 4.79 Å². The molecule has 7 heteroatoms. The average molecular weight is 248 g/mol. The molecule has 0 spiro atoms. The smallest absolute Gasteiger partial charge is 0.272 e. The minimum atomic E-state index is -0.0751. The molecule has 1 N–H and O–H groups in total. The SMILES string of the molecule is CCn1nc(C)cc1C(=O)N(C)Cc1ncn[nH]1. The maximum atomic E-state index is 12.3. The van der Waals surface area contributed by atoms with Gasteiger partial charge in [0.1, 0.15) is 17.8 Å². The van der Waals surface area contributed by atoms with Crippen LogP contribution < -0.4 is 0 Å². The van der Waals surface area contributed by atoms with E-state index >= 15 is 0 Å². The molecule has 7 nitrogen and oxygen atoms in total. The van der Waals surface area contributed by atoms with Crippen molar-refractivity contribution in [2.75, 3.05) is 7.05 Å². The quantitative estimate of drug-likeness (QED) is 0.859. The average Bonchev–Trinajstić information content (AvgIpc) is 2.97. The summed E-state index contributed by atoms with van der Waals surface area (Å²) >= 11 is 0. The fourth-order valence-electron chi connectivity index (χ4n) is 1.76. The highest BCUT2D eigenvalue weighted by molar-refractivity contribution is 5.92. The zero-order valence-electron chi connectivity index (χ0n) is 10.7. The van der Waals surface area contributed by atoms with Crippen molar-refractivity contribution >= 4 is 5.91 Å². The van der Waals surface area contributed by atoms with Gasteiger partial charge in [0.25, 0.3) is 5.91 Å². The largest absolute Gasteiger partial charge is 0.333 e. The van der Waals surface area contributed by atoms with Crippen LogP contribution in [0.4, 0.5) is 0 Å². The van der Waals surface area contributed by atoms with Gasteiger partial charge in [0.15, 0.2) is 0 Å². The van der Waals surface area contributed by atoms with Crippen LogP contribution in [-0.2, 0) is 13.1 Å². The Morgan fingerprint density at radius 1 is 1.56 bits per heavy atom. The summed E-state index contributed by atoms with van der Waals surface area (Å²) in [5.41, 5.74) is 1.44. The van der Waals surface area contributed by atoms with Gasteiger partial charge in [-0.1, -0.05) is 0 Å². The standard InChI is InChI=1S/C11H16N6O/c1-4-17-9(5-8(2)15-17)11(18)16(3)6-10-12-7-13-14-10/h5,7H,4,6H2,1-3H3,(H,12,13,14). The molecule has 96 valence electrons. The normalized spacial score (nSPS) is 10.6. The van der Waals surface area contributed by atoms with Gasteiger partial charge >= 0.3 is 0 Å². The second kappa shape index (κ2) is 4.99. The van der Waals surface area contributed by atoms with Crippen LogP contribution in [0.1, 0.15) is 28.9 Å². The Kier molecular flexibility index (Phi) is 3.40. The summed E-state index contributed by atoms with van der Waals surface area (Å²) in [4.78, 5) is 17.9. The van der Waals surface area contributed by atoms with Crippen LogP contribution in [-0.4, -0.2) is 42.8 Å². The van der Waals surface area contributed by atoms with Gasteiger partial charge < -0.3 is 4.90 Å². The van der Waals surface area contributed by atoms with Gasteiger partial charge in [-0.2, -0.15) is 10.2 Å². The third kappa shape index (κ3) is 2.39. The molecule has 0 aliphatic rings. The molecule has 0 saturated heterocycles. The summed E-state index contributed by atoms with van der Waals surface area (Å²) in [6.45, 7) is 4.90. The van der Waals surface area contributed by atoms with Crippen molar-refractivity contribution in [3.63, 3.8) is 0 Å². The highest BCUT2D eigenvalue weighted by atomic mass is 16.2. The Morgan fingerprint density at radius 2 is 2.33 bits per heavy atom. The number of nitrogens with zero attached hydrogens (tertiary/aromatic N) is 5. The number of amides is 1. The van der Waals surface area contributed by atoms with Crippen LogP contribution in [0, 0.1) is 6.92 Å². The number of hydrogen-bond acceptors (Lipinski definition) is 4. The van der Waals surface area contributed by atoms with Gasteiger partial charge in [-0.25, -0.2) is 4.98 Å². The molecule has 18 heavy (non-hydrogen) atoms. The van der Waals surface area contributed by atoms with Crippen LogP contribution in [0.2, 0.25) is 0 Å². The Bertz CT molecular complexity index is 530. The molecule has 0 saturated carbocycles. The van der Waals surface area contributed by atoms with Gasteiger partial charge in [0.05, 0.1) is 12.2 Å². The van der Waals surface area contributed by atoms with Gasteiger partial charge in [0, 0.05) is 13.6 Å². The third-order valence-corrected chi connectivity index (χ3v) is 2.62. The number of aromatic amines is 1. The molecule has 2 heterocycles. The Labute approximate surface area is 105 Å². The van der Waals surface area contributed by atoms with Crippen LogP contribution in [0.25, 0.3) is 0 Å². The summed E-state index contributed by atoms with van der Waals surface area (Å²) in [5, 5.41) is 10.7. The molecule has 2 aromatic heterocycles. The number of aromatic nitrogens is 5. The molecular weight excluding hydrogens is 232 g/mol. The molecule has 0 radical (unpaired) electrons. The molecule has 0 bridgehead atoms. The lowest BCUT2D eigenvalue weighted by atomic mass is 10.3. The highest BCUT2D eigenvalue weighted by Crippen LogP contribution is 2.08. The van der Waals surface area contributed by atoms with E-state index in [9.17, 15) is 4.79 Å².